The Hall–Kier alpha value is -0.340. The smallest absolute Gasteiger partial charge is 0.0771 e. The second-order valence-corrected chi connectivity index (χ2v) is 3.28. The third-order valence-corrected chi connectivity index (χ3v) is 2.24. The Morgan fingerprint density at radius 2 is 2.27 bits per heavy atom. The Kier molecular flexibility index (Phi) is 3.09. The van der Waals surface area contributed by atoms with Crippen molar-refractivity contribution in [3.05, 3.63) is 12.2 Å². The molecule has 2 heteroatoms. The van der Waals surface area contributed by atoms with Crippen LogP contribution >= 0.6 is 0 Å². The lowest BCUT2D eigenvalue weighted by molar-refractivity contribution is -0.0305. The molecule has 1 saturated carbocycles. The van der Waals surface area contributed by atoms with E-state index in [1.54, 1.807) is 0 Å². The standard InChI is InChI=1S/C9H17NO/c1-2-3-7-10-8-9(11)5-4-6-9/h2-3,10-11H,4-8H2,1H3/b3-2+. The van der Waals surface area contributed by atoms with Gasteiger partial charge in [-0.15, -0.1) is 0 Å². The minimum Gasteiger partial charge on any atom is -0.389 e. The molecule has 0 aliphatic heterocycles. The van der Waals surface area contributed by atoms with Crippen LogP contribution < -0.4 is 5.32 Å². The average Bonchev–Trinajstić information content (AvgIpc) is 1.95. The van der Waals surface area contributed by atoms with Gasteiger partial charge in [0.05, 0.1) is 5.60 Å². The topological polar surface area (TPSA) is 32.3 Å². The summed E-state index contributed by atoms with van der Waals surface area (Å²) in [7, 11) is 0. The molecule has 1 aliphatic rings. The molecular weight excluding hydrogens is 138 g/mol. The van der Waals surface area contributed by atoms with Crippen molar-refractivity contribution >= 4 is 0 Å². The van der Waals surface area contributed by atoms with Crippen molar-refractivity contribution in [2.75, 3.05) is 13.1 Å². The number of aliphatic hydroxyl groups is 1. The second kappa shape index (κ2) is 3.88. The van der Waals surface area contributed by atoms with Gasteiger partial charge in [0.2, 0.25) is 0 Å². The van der Waals surface area contributed by atoms with Crippen LogP contribution in [0.15, 0.2) is 12.2 Å². The predicted molar refractivity (Wildman–Crippen MR) is 46.5 cm³/mol. The van der Waals surface area contributed by atoms with Gasteiger partial charge in [0.15, 0.2) is 0 Å². The van der Waals surface area contributed by atoms with Crippen LogP contribution in [0.2, 0.25) is 0 Å². The predicted octanol–water partition coefficient (Wildman–Crippen LogP) is 1.07. The first-order chi connectivity index (χ1) is 5.27. The summed E-state index contributed by atoms with van der Waals surface area (Å²) in [6.45, 7) is 3.62. The van der Waals surface area contributed by atoms with Gasteiger partial charge >= 0.3 is 0 Å². The molecule has 0 aromatic heterocycles. The average molecular weight is 155 g/mol. The Balaban J connectivity index is 2.02. The number of hydrogen-bond donors (Lipinski definition) is 2. The first-order valence-corrected chi connectivity index (χ1v) is 4.31. The van der Waals surface area contributed by atoms with E-state index in [4.69, 9.17) is 0 Å². The van der Waals surface area contributed by atoms with E-state index < -0.39 is 0 Å². The van der Waals surface area contributed by atoms with E-state index in [0.717, 1.165) is 25.9 Å². The van der Waals surface area contributed by atoms with E-state index in [9.17, 15) is 5.11 Å². The molecule has 0 atom stereocenters. The lowest BCUT2D eigenvalue weighted by atomic mass is 9.80. The molecule has 0 spiro atoms. The van der Waals surface area contributed by atoms with Gasteiger partial charge in [0.25, 0.3) is 0 Å². The molecule has 1 fully saturated rings. The Labute approximate surface area is 68.3 Å². The molecule has 0 heterocycles. The summed E-state index contributed by atoms with van der Waals surface area (Å²) >= 11 is 0. The lowest BCUT2D eigenvalue weighted by Crippen LogP contribution is -2.46. The molecule has 2 N–H and O–H groups in total. The molecule has 1 rings (SSSR count). The van der Waals surface area contributed by atoms with Crippen molar-refractivity contribution in [3.8, 4) is 0 Å². The van der Waals surface area contributed by atoms with E-state index >= 15 is 0 Å². The van der Waals surface area contributed by atoms with Crippen molar-refractivity contribution < 1.29 is 5.11 Å². The van der Waals surface area contributed by atoms with Crippen molar-refractivity contribution in [1.29, 1.82) is 0 Å². The van der Waals surface area contributed by atoms with Crippen molar-refractivity contribution in [3.63, 3.8) is 0 Å². The summed E-state index contributed by atoms with van der Waals surface area (Å²) < 4.78 is 0. The minimum absolute atomic E-state index is 0.373. The fourth-order valence-corrected chi connectivity index (χ4v) is 1.27. The van der Waals surface area contributed by atoms with E-state index in [0.29, 0.717) is 0 Å². The molecule has 2 nitrogen and oxygen atoms in total. The van der Waals surface area contributed by atoms with E-state index in [2.05, 4.69) is 11.4 Å². The van der Waals surface area contributed by atoms with Gasteiger partial charge in [-0.1, -0.05) is 12.2 Å². The number of nitrogens with one attached hydrogen (secondary N) is 1. The van der Waals surface area contributed by atoms with Crippen LogP contribution in [-0.4, -0.2) is 23.8 Å². The Bertz CT molecular complexity index is 138. The maximum atomic E-state index is 9.62. The molecule has 11 heavy (non-hydrogen) atoms. The van der Waals surface area contributed by atoms with Crippen LogP contribution in [0.25, 0.3) is 0 Å². The molecule has 1 aliphatic carbocycles. The fraction of sp³-hybridized carbons (Fsp3) is 0.778. The van der Waals surface area contributed by atoms with Crippen LogP contribution in [0.4, 0.5) is 0 Å². The highest BCUT2D eigenvalue weighted by Crippen LogP contribution is 2.30. The van der Waals surface area contributed by atoms with Crippen LogP contribution in [0.1, 0.15) is 26.2 Å². The van der Waals surface area contributed by atoms with Gasteiger partial charge in [-0.25, -0.2) is 0 Å². The summed E-state index contributed by atoms with van der Waals surface area (Å²) in [5.74, 6) is 0. The zero-order chi connectivity index (χ0) is 8.16. The number of hydrogen-bond acceptors (Lipinski definition) is 2. The summed E-state index contributed by atoms with van der Waals surface area (Å²) in [6, 6.07) is 0. The molecule has 0 aromatic rings. The van der Waals surface area contributed by atoms with Crippen LogP contribution in [0, 0.1) is 0 Å². The van der Waals surface area contributed by atoms with E-state index in [1.165, 1.54) is 6.42 Å². The van der Waals surface area contributed by atoms with Crippen LogP contribution in [-0.2, 0) is 0 Å². The van der Waals surface area contributed by atoms with Gasteiger partial charge in [-0.05, 0) is 26.2 Å². The van der Waals surface area contributed by atoms with Crippen molar-refractivity contribution in [2.45, 2.75) is 31.8 Å². The summed E-state index contributed by atoms with van der Waals surface area (Å²) in [4.78, 5) is 0. The van der Waals surface area contributed by atoms with Gasteiger partial charge in [0, 0.05) is 13.1 Å². The normalized spacial score (nSPS) is 22.0. The summed E-state index contributed by atoms with van der Waals surface area (Å²) in [5, 5.41) is 12.8. The zero-order valence-electron chi connectivity index (χ0n) is 7.14. The van der Waals surface area contributed by atoms with Gasteiger partial charge in [-0.2, -0.15) is 0 Å². The Morgan fingerprint density at radius 1 is 1.55 bits per heavy atom. The molecule has 0 bridgehead atoms. The Morgan fingerprint density at radius 3 is 2.73 bits per heavy atom. The monoisotopic (exact) mass is 155 g/mol. The second-order valence-electron chi connectivity index (χ2n) is 3.28. The minimum atomic E-state index is -0.373. The van der Waals surface area contributed by atoms with Crippen LogP contribution in [0.3, 0.4) is 0 Å². The number of allylic oxidation sites excluding steroid dienone is 1. The highest BCUT2D eigenvalue weighted by atomic mass is 16.3. The largest absolute Gasteiger partial charge is 0.389 e. The van der Waals surface area contributed by atoms with Gasteiger partial charge < -0.3 is 10.4 Å². The maximum absolute atomic E-state index is 9.62. The van der Waals surface area contributed by atoms with E-state index in [1.807, 2.05) is 13.0 Å². The molecule has 0 unspecified atom stereocenters. The zero-order valence-corrected chi connectivity index (χ0v) is 7.14. The fourth-order valence-electron chi connectivity index (χ4n) is 1.27. The summed E-state index contributed by atoms with van der Waals surface area (Å²) in [6.07, 6.45) is 7.19. The molecule has 64 valence electrons. The van der Waals surface area contributed by atoms with Crippen molar-refractivity contribution in [2.24, 2.45) is 0 Å². The van der Waals surface area contributed by atoms with Gasteiger partial charge in [0.1, 0.15) is 0 Å². The van der Waals surface area contributed by atoms with Crippen molar-refractivity contribution in [1.82, 2.24) is 5.32 Å². The number of rotatable bonds is 4. The highest BCUT2D eigenvalue weighted by Gasteiger charge is 2.33. The molecular formula is C9H17NO. The first kappa shape index (κ1) is 8.75. The quantitative estimate of drug-likeness (QED) is 0.470. The molecule has 0 aromatic carbocycles. The third kappa shape index (κ3) is 2.64. The first-order valence-electron chi connectivity index (χ1n) is 4.31. The lowest BCUT2D eigenvalue weighted by Gasteiger charge is -2.36. The maximum Gasteiger partial charge on any atom is 0.0771 e. The molecule has 0 radical (unpaired) electrons. The van der Waals surface area contributed by atoms with Crippen LogP contribution in [0.5, 0.6) is 0 Å². The summed E-state index contributed by atoms with van der Waals surface area (Å²) in [5.41, 5.74) is -0.373. The molecule has 0 saturated heterocycles. The third-order valence-electron chi connectivity index (χ3n) is 2.24. The highest BCUT2D eigenvalue weighted by molar-refractivity contribution is 4.90. The van der Waals surface area contributed by atoms with E-state index in [-0.39, 0.29) is 5.60 Å². The SMILES string of the molecule is C/C=C/CNCC1(O)CCC1. The van der Waals surface area contributed by atoms with Gasteiger partial charge in [-0.3, -0.25) is 0 Å². The molecule has 0 amide bonds.